The summed E-state index contributed by atoms with van der Waals surface area (Å²) in [5.74, 6) is 1.78. The quantitative estimate of drug-likeness (QED) is 0.809. The normalized spacial score (nSPS) is 23.8. The first-order valence-corrected chi connectivity index (χ1v) is 8.46. The van der Waals surface area contributed by atoms with Gasteiger partial charge in [0.05, 0.1) is 0 Å². The number of nitrogens with one attached hydrogen (secondary N) is 1. The highest BCUT2D eigenvalue weighted by Crippen LogP contribution is 2.16. The molecule has 0 spiro atoms. The minimum Gasteiger partial charge on any atom is -0.344 e. The fraction of sp³-hybridized carbons (Fsp3) is 0.857. The van der Waals surface area contributed by atoms with Crippen molar-refractivity contribution in [3.8, 4) is 0 Å². The fourth-order valence-electron chi connectivity index (χ4n) is 2.37. The highest BCUT2D eigenvalue weighted by atomic mass is 32.2. The lowest BCUT2D eigenvalue weighted by Gasteiger charge is -2.29. The van der Waals surface area contributed by atoms with Gasteiger partial charge in [-0.05, 0) is 23.8 Å². The molecule has 1 N–H and O–H groups in total. The summed E-state index contributed by atoms with van der Waals surface area (Å²) < 4.78 is 0. The second kappa shape index (κ2) is 7.78. The lowest BCUT2D eigenvalue weighted by atomic mass is 9.98. The lowest BCUT2D eigenvalue weighted by Crippen LogP contribution is -2.49. The van der Waals surface area contributed by atoms with Gasteiger partial charge in [-0.1, -0.05) is 27.2 Å². The lowest BCUT2D eigenvalue weighted by molar-refractivity contribution is -0.135. The van der Waals surface area contributed by atoms with Crippen molar-refractivity contribution < 1.29 is 9.59 Å². The maximum Gasteiger partial charge on any atom is 0.245 e. The molecule has 3 atom stereocenters. The highest BCUT2D eigenvalue weighted by molar-refractivity contribution is 7.98. The van der Waals surface area contributed by atoms with Crippen LogP contribution in [0.2, 0.25) is 0 Å². The molecule has 0 aromatic carbocycles. The summed E-state index contributed by atoms with van der Waals surface area (Å²) >= 11 is 1.80. The van der Waals surface area contributed by atoms with Crippen LogP contribution >= 0.6 is 11.8 Å². The molecule has 0 aromatic rings. The number of carbonyl (C=O) groups is 2. The number of thioether (sulfide) groups is 1. The van der Waals surface area contributed by atoms with Crippen LogP contribution in [0.25, 0.3) is 0 Å². The van der Waals surface area contributed by atoms with Gasteiger partial charge in [-0.2, -0.15) is 11.8 Å². The average molecular weight is 286 g/mol. The Labute approximate surface area is 120 Å². The summed E-state index contributed by atoms with van der Waals surface area (Å²) in [6, 6.07) is -0.346. The van der Waals surface area contributed by atoms with Crippen molar-refractivity contribution in [3.63, 3.8) is 0 Å². The molecule has 0 aliphatic carbocycles. The van der Waals surface area contributed by atoms with Gasteiger partial charge < -0.3 is 10.2 Å². The number of amides is 2. The standard InChI is InChI=1S/C14H26N2O2S/c1-5-11(3)13-14(18)16(7-6-12(17)15-13)8-10(2)9-19-4/h10-11,13H,5-9H2,1-4H3,(H,15,17). The first-order valence-electron chi connectivity index (χ1n) is 7.06. The Bertz CT molecular complexity index is 323. The van der Waals surface area contributed by atoms with Crippen LogP contribution in [0.4, 0.5) is 0 Å². The summed E-state index contributed by atoms with van der Waals surface area (Å²) in [7, 11) is 0. The minimum absolute atomic E-state index is 0.00123. The topological polar surface area (TPSA) is 49.4 Å². The third-order valence-corrected chi connectivity index (χ3v) is 4.60. The molecule has 3 unspecified atom stereocenters. The number of hydrogen-bond donors (Lipinski definition) is 1. The Morgan fingerprint density at radius 1 is 1.42 bits per heavy atom. The predicted molar refractivity (Wildman–Crippen MR) is 80.1 cm³/mol. The van der Waals surface area contributed by atoms with E-state index in [0.717, 1.165) is 18.7 Å². The molecule has 1 saturated heterocycles. The number of hydrogen-bond acceptors (Lipinski definition) is 3. The van der Waals surface area contributed by atoms with E-state index in [1.807, 2.05) is 11.8 Å². The molecule has 0 radical (unpaired) electrons. The SMILES string of the molecule is CCC(C)C1NC(=O)CCN(CC(C)CSC)C1=O. The maximum absolute atomic E-state index is 12.5. The molecule has 1 fully saturated rings. The van der Waals surface area contributed by atoms with Gasteiger partial charge >= 0.3 is 0 Å². The van der Waals surface area contributed by atoms with Crippen molar-refractivity contribution >= 4 is 23.6 Å². The van der Waals surface area contributed by atoms with E-state index >= 15 is 0 Å². The summed E-state index contributed by atoms with van der Waals surface area (Å²) in [4.78, 5) is 26.1. The van der Waals surface area contributed by atoms with Gasteiger partial charge in [0.2, 0.25) is 11.8 Å². The van der Waals surface area contributed by atoms with Crippen LogP contribution < -0.4 is 5.32 Å². The molecule has 0 aromatic heterocycles. The molecule has 2 amide bonds. The zero-order chi connectivity index (χ0) is 14.4. The van der Waals surface area contributed by atoms with E-state index in [1.54, 1.807) is 11.8 Å². The Balaban J connectivity index is 2.74. The van der Waals surface area contributed by atoms with E-state index in [2.05, 4.69) is 25.4 Å². The maximum atomic E-state index is 12.5. The van der Waals surface area contributed by atoms with E-state index in [4.69, 9.17) is 0 Å². The molecular weight excluding hydrogens is 260 g/mol. The third kappa shape index (κ3) is 4.71. The van der Waals surface area contributed by atoms with Crippen molar-refractivity contribution in [1.82, 2.24) is 10.2 Å². The molecule has 1 aliphatic heterocycles. The fourth-order valence-corrected chi connectivity index (χ4v) is 3.04. The Kier molecular flexibility index (Phi) is 6.69. The van der Waals surface area contributed by atoms with E-state index in [1.165, 1.54) is 0 Å². The summed E-state index contributed by atoms with van der Waals surface area (Å²) in [5, 5.41) is 2.88. The zero-order valence-corrected chi connectivity index (χ0v) is 13.3. The third-order valence-electron chi connectivity index (χ3n) is 3.70. The Hall–Kier alpha value is -0.710. The molecule has 19 heavy (non-hydrogen) atoms. The van der Waals surface area contributed by atoms with Gasteiger partial charge in [0.25, 0.3) is 0 Å². The highest BCUT2D eigenvalue weighted by Gasteiger charge is 2.33. The smallest absolute Gasteiger partial charge is 0.245 e. The number of nitrogens with zero attached hydrogens (tertiary/aromatic N) is 1. The van der Waals surface area contributed by atoms with Crippen LogP contribution in [0.5, 0.6) is 0 Å². The van der Waals surface area contributed by atoms with Gasteiger partial charge in [0.15, 0.2) is 0 Å². The molecule has 4 nitrogen and oxygen atoms in total. The average Bonchev–Trinajstić information content (AvgIpc) is 2.51. The first kappa shape index (κ1) is 16.3. The molecule has 1 rings (SSSR count). The van der Waals surface area contributed by atoms with Crippen molar-refractivity contribution in [3.05, 3.63) is 0 Å². The van der Waals surface area contributed by atoms with Crippen LogP contribution in [0.1, 0.15) is 33.6 Å². The minimum atomic E-state index is -0.346. The molecule has 1 aliphatic rings. The molecule has 0 saturated carbocycles. The van der Waals surface area contributed by atoms with Gasteiger partial charge in [-0.3, -0.25) is 9.59 Å². The second-order valence-electron chi connectivity index (χ2n) is 5.53. The monoisotopic (exact) mass is 286 g/mol. The van der Waals surface area contributed by atoms with E-state index in [9.17, 15) is 9.59 Å². The first-order chi connectivity index (χ1) is 8.99. The number of carbonyl (C=O) groups excluding carboxylic acids is 2. The molecular formula is C14H26N2O2S. The largest absolute Gasteiger partial charge is 0.344 e. The molecule has 110 valence electrons. The molecule has 1 heterocycles. The van der Waals surface area contributed by atoms with Crippen LogP contribution in [0.3, 0.4) is 0 Å². The van der Waals surface area contributed by atoms with Gasteiger partial charge in [0, 0.05) is 19.5 Å². The van der Waals surface area contributed by atoms with Crippen molar-refractivity contribution in [2.75, 3.05) is 25.1 Å². The summed E-state index contributed by atoms with van der Waals surface area (Å²) in [6.07, 6.45) is 3.39. The van der Waals surface area contributed by atoms with Crippen molar-refractivity contribution in [2.45, 2.75) is 39.7 Å². The van der Waals surface area contributed by atoms with Gasteiger partial charge in [0.1, 0.15) is 6.04 Å². The van der Waals surface area contributed by atoms with Crippen molar-refractivity contribution in [1.29, 1.82) is 0 Å². The van der Waals surface area contributed by atoms with Crippen molar-refractivity contribution in [2.24, 2.45) is 11.8 Å². The summed E-state index contributed by atoms with van der Waals surface area (Å²) in [5.41, 5.74) is 0. The zero-order valence-electron chi connectivity index (χ0n) is 12.4. The Morgan fingerprint density at radius 3 is 2.68 bits per heavy atom. The Morgan fingerprint density at radius 2 is 2.11 bits per heavy atom. The van der Waals surface area contributed by atoms with Crippen LogP contribution in [-0.2, 0) is 9.59 Å². The van der Waals surface area contributed by atoms with Gasteiger partial charge in [-0.25, -0.2) is 0 Å². The molecule has 5 heteroatoms. The second-order valence-corrected chi connectivity index (χ2v) is 6.44. The van der Waals surface area contributed by atoms with E-state index in [-0.39, 0.29) is 23.8 Å². The summed E-state index contributed by atoms with van der Waals surface area (Å²) in [6.45, 7) is 7.54. The van der Waals surface area contributed by atoms with Gasteiger partial charge in [-0.15, -0.1) is 0 Å². The predicted octanol–water partition coefficient (Wildman–Crippen LogP) is 1.75. The molecule has 0 bridgehead atoms. The van der Waals surface area contributed by atoms with Crippen LogP contribution in [-0.4, -0.2) is 47.9 Å². The van der Waals surface area contributed by atoms with Crippen LogP contribution in [0, 0.1) is 11.8 Å². The van der Waals surface area contributed by atoms with E-state index < -0.39 is 0 Å². The number of rotatable bonds is 6. The van der Waals surface area contributed by atoms with Crippen LogP contribution in [0.15, 0.2) is 0 Å². The van der Waals surface area contributed by atoms with E-state index in [0.29, 0.717) is 18.9 Å².